The molecule has 2 aromatic rings. The van der Waals surface area contributed by atoms with Gasteiger partial charge < -0.3 is 10.7 Å². The Morgan fingerprint density at radius 2 is 1.85 bits per heavy atom. The number of aromatic nitrogens is 1. The van der Waals surface area contributed by atoms with Gasteiger partial charge in [0, 0.05) is 17.5 Å². The average Bonchev–Trinajstić information content (AvgIpc) is 2.50. The molecule has 0 saturated carbocycles. The summed E-state index contributed by atoms with van der Waals surface area (Å²) in [4.78, 5) is 14.7. The first-order valence-corrected chi connectivity index (χ1v) is 7.37. The maximum Gasteiger partial charge on any atom is 0.272 e. The minimum atomic E-state index is -0.0688. The Bertz CT molecular complexity index is 656. The van der Waals surface area contributed by atoms with Crippen LogP contribution in [-0.2, 0) is 6.42 Å². The second-order valence-corrected chi connectivity index (χ2v) is 5.56. The standard InChI is InChI=1S/C16H21N3O/c17-19-15-7-3-2-6-13(15)12-14(16(19)20)8-11-18-9-4-1-5-10-18/h2-3,6-7,12H,1,4-5,8-11,17H2. The molecule has 0 bridgehead atoms. The van der Waals surface area contributed by atoms with Gasteiger partial charge in [0.15, 0.2) is 0 Å². The third-order valence-electron chi connectivity index (χ3n) is 4.17. The van der Waals surface area contributed by atoms with Gasteiger partial charge in [-0.25, -0.2) is 4.68 Å². The van der Waals surface area contributed by atoms with Crippen molar-refractivity contribution < 1.29 is 0 Å². The zero-order valence-electron chi connectivity index (χ0n) is 11.7. The Hall–Kier alpha value is -1.81. The van der Waals surface area contributed by atoms with E-state index in [1.165, 1.54) is 23.9 Å². The van der Waals surface area contributed by atoms with Crippen molar-refractivity contribution in [3.05, 3.63) is 46.2 Å². The van der Waals surface area contributed by atoms with Crippen molar-refractivity contribution >= 4 is 10.9 Å². The highest BCUT2D eigenvalue weighted by Crippen LogP contribution is 2.13. The maximum absolute atomic E-state index is 12.3. The van der Waals surface area contributed by atoms with E-state index in [9.17, 15) is 4.79 Å². The van der Waals surface area contributed by atoms with Crippen molar-refractivity contribution in [3.8, 4) is 0 Å². The van der Waals surface area contributed by atoms with Gasteiger partial charge in [0.25, 0.3) is 5.56 Å². The lowest BCUT2D eigenvalue weighted by Crippen LogP contribution is -2.34. The SMILES string of the molecule is Nn1c(=O)c(CCN2CCCCC2)cc2ccccc21. The summed E-state index contributed by atoms with van der Waals surface area (Å²) in [6.07, 6.45) is 4.67. The van der Waals surface area contributed by atoms with Gasteiger partial charge >= 0.3 is 0 Å². The molecular formula is C16H21N3O. The van der Waals surface area contributed by atoms with Crippen LogP contribution < -0.4 is 11.4 Å². The fourth-order valence-electron chi connectivity index (χ4n) is 2.98. The molecule has 3 rings (SSSR count). The number of likely N-dealkylation sites (tertiary alicyclic amines) is 1. The summed E-state index contributed by atoms with van der Waals surface area (Å²) >= 11 is 0. The van der Waals surface area contributed by atoms with E-state index in [1.807, 2.05) is 30.3 Å². The molecular weight excluding hydrogens is 250 g/mol. The lowest BCUT2D eigenvalue weighted by Gasteiger charge is -2.26. The minimum Gasteiger partial charge on any atom is -0.336 e. The molecule has 1 saturated heterocycles. The average molecular weight is 271 g/mol. The quantitative estimate of drug-likeness (QED) is 0.865. The zero-order valence-corrected chi connectivity index (χ0v) is 11.7. The topological polar surface area (TPSA) is 51.3 Å². The van der Waals surface area contributed by atoms with Gasteiger partial charge in [0.1, 0.15) is 0 Å². The van der Waals surface area contributed by atoms with Gasteiger partial charge in [-0.3, -0.25) is 4.79 Å². The van der Waals surface area contributed by atoms with E-state index in [4.69, 9.17) is 5.84 Å². The summed E-state index contributed by atoms with van der Waals surface area (Å²) in [6.45, 7) is 3.27. The zero-order chi connectivity index (χ0) is 13.9. The molecule has 20 heavy (non-hydrogen) atoms. The fraction of sp³-hybridized carbons (Fsp3) is 0.438. The number of fused-ring (bicyclic) bond motifs is 1. The number of hydrogen-bond acceptors (Lipinski definition) is 3. The molecule has 2 N–H and O–H groups in total. The van der Waals surface area contributed by atoms with E-state index in [0.717, 1.165) is 42.5 Å². The molecule has 1 fully saturated rings. The summed E-state index contributed by atoms with van der Waals surface area (Å²) < 4.78 is 1.28. The highest BCUT2D eigenvalue weighted by molar-refractivity contribution is 5.79. The molecule has 0 atom stereocenters. The van der Waals surface area contributed by atoms with Crippen molar-refractivity contribution in [2.45, 2.75) is 25.7 Å². The second-order valence-electron chi connectivity index (χ2n) is 5.56. The van der Waals surface area contributed by atoms with Crippen molar-refractivity contribution in [2.75, 3.05) is 25.5 Å². The Morgan fingerprint density at radius 1 is 1.10 bits per heavy atom. The number of hydrogen-bond donors (Lipinski definition) is 1. The van der Waals surface area contributed by atoms with Crippen LogP contribution in [0.4, 0.5) is 0 Å². The minimum absolute atomic E-state index is 0.0688. The first kappa shape index (κ1) is 13.2. The first-order chi connectivity index (χ1) is 9.75. The molecule has 106 valence electrons. The third kappa shape index (κ3) is 2.56. The van der Waals surface area contributed by atoms with Crippen LogP contribution in [0.25, 0.3) is 10.9 Å². The third-order valence-corrected chi connectivity index (χ3v) is 4.17. The molecule has 1 aliphatic rings. The fourth-order valence-corrected chi connectivity index (χ4v) is 2.98. The second kappa shape index (κ2) is 5.67. The maximum atomic E-state index is 12.3. The van der Waals surface area contributed by atoms with E-state index < -0.39 is 0 Å². The largest absolute Gasteiger partial charge is 0.336 e. The number of piperidine rings is 1. The van der Waals surface area contributed by atoms with Crippen molar-refractivity contribution in [3.63, 3.8) is 0 Å². The van der Waals surface area contributed by atoms with Crippen LogP contribution in [0.5, 0.6) is 0 Å². The lowest BCUT2D eigenvalue weighted by molar-refractivity contribution is 0.231. The summed E-state index contributed by atoms with van der Waals surface area (Å²) in [5, 5.41) is 1.03. The molecule has 0 radical (unpaired) electrons. The monoisotopic (exact) mass is 271 g/mol. The number of pyridine rings is 1. The highest BCUT2D eigenvalue weighted by atomic mass is 16.1. The van der Waals surface area contributed by atoms with Gasteiger partial charge in [0.05, 0.1) is 5.52 Å². The molecule has 4 heteroatoms. The predicted octanol–water partition coefficient (Wildman–Crippen LogP) is 1.74. The number of nitrogen functional groups attached to an aromatic ring is 1. The van der Waals surface area contributed by atoms with Crippen molar-refractivity contribution in [1.82, 2.24) is 9.58 Å². The van der Waals surface area contributed by atoms with Gasteiger partial charge in [-0.2, -0.15) is 0 Å². The smallest absolute Gasteiger partial charge is 0.272 e. The van der Waals surface area contributed by atoms with Gasteiger partial charge in [-0.05, 0) is 44.5 Å². The number of rotatable bonds is 3. The van der Waals surface area contributed by atoms with Crippen molar-refractivity contribution in [1.29, 1.82) is 0 Å². The highest BCUT2D eigenvalue weighted by Gasteiger charge is 2.12. The van der Waals surface area contributed by atoms with E-state index in [1.54, 1.807) is 0 Å². The molecule has 4 nitrogen and oxygen atoms in total. The normalized spacial score (nSPS) is 16.6. The van der Waals surface area contributed by atoms with Gasteiger partial charge in [-0.15, -0.1) is 0 Å². The first-order valence-electron chi connectivity index (χ1n) is 7.37. The molecule has 0 amide bonds. The lowest BCUT2D eigenvalue weighted by atomic mass is 10.1. The molecule has 1 aliphatic heterocycles. The summed E-state index contributed by atoms with van der Waals surface area (Å²) in [5.41, 5.74) is 1.54. The predicted molar refractivity (Wildman–Crippen MR) is 82.4 cm³/mol. The van der Waals surface area contributed by atoms with Crippen LogP contribution in [0.3, 0.4) is 0 Å². The van der Waals surface area contributed by atoms with Crippen LogP contribution >= 0.6 is 0 Å². The molecule has 0 spiro atoms. The Kier molecular flexibility index (Phi) is 3.74. The summed E-state index contributed by atoms with van der Waals surface area (Å²) in [7, 11) is 0. The summed E-state index contributed by atoms with van der Waals surface area (Å²) in [5.74, 6) is 5.92. The van der Waals surface area contributed by atoms with Crippen LogP contribution in [0.1, 0.15) is 24.8 Å². The van der Waals surface area contributed by atoms with E-state index in [0.29, 0.717) is 0 Å². The number of benzene rings is 1. The van der Waals surface area contributed by atoms with Gasteiger partial charge in [0.2, 0.25) is 0 Å². The Labute approximate surface area is 118 Å². The molecule has 2 heterocycles. The van der Waals surface area contributed by atoms with Crippen LogP contribution in [0.2, 0.25) is 0 Å². The summed E-state index contributed by atoms with van der Waals surface area (Å²) in [6, 6.07) is 9.75. The Balaban J connectivity index is 1.84. The molecule has 0 unspecified atom stereocenters. The van der Waals surface area contributed by atoms with Crippen LogP contribution in [0.15, 0.2) is 35.1 Å². The Morgan fingerprint density at radius 3 is 2.65 bits per heavy atom. The number of nitrogens with zero attached hydrogens (tertiary/aromatic N) is 2. The van der Waals surface area contributed by atoms with E-state index in [-0.39, 0.29) is 5.56 Å². The molecule has 1 aromatic heterocycles. The molecule has 0 aliphatic carbocycles. The van der Waals surface area contributed by atoms with Gasteiger partial charge in [-0.1, -0.05) is 24.6 Å². The number of para-hydroxylation sites is 1. The van der Waals surface area contributed by atoms with Crippen LogP contribution in [0, 0.1) is 0 Å². The van der Waals surface area contributed by atoms with Crippen LogP contribution in [-0.4, -0.2) is 29.2 Å². The van der Waals surface area contributed by atoms with Crippen molar-refractivity contribution in [2.24, 2.45) is 0 Å². The molecule has 1 aromatic carbocycles. The number of nitrogens with two attached hydrogens (primary N) is 1. The van der Waals surface area contributed by atoms with E-state index >= 15 is 0 Å². The van der Waals surface area contributed by atoms with E-state index in [2.05, 4.69) is 4.90 Å².